The van der Waals surface area contributed by atoms with Crippen LogP contribution in [-0.4, -0.2) is 72.3 Å². The summed E-state index contributed by atoms with van der Waals surface area (Å²) in [6.07, 6.45) is 3.41. The minimum atomic E-state index is -2.91. The number of hydrogen-bond acceptors (Lipinski definition) is 9. The molecular weight excluding hydrogens is 484 g/mol. The van der Waals surface area contributed by atoms with E-state index in [2.05, 4.69) is 25.8 Å². The highest BCUT2D eigenvalue weighted by molar-refractivity contribution is 5.70. The van der Waals surface area contributed by atoms with Crippen LogP contribution in [0.3, 0.4) is 0 Å². The fraction of sp³-hybridized carbons (Fsp3) is 0.625. The van der Waals surface area contributed by atoms with Gasteiger partial charge in [-0.1, -0.05) is 12.1 Å². The summed E-state index contributed by atoms with van der Waals surface area (Å²) < 4.78 is 37.4. The molecule has 0 bridgehead atoms. The van der Waals surface area contributed by atoms with Gasteiger partial charge in [-0.15, -0.1) is 10.2 Å². The third kappa shape index (κ3) is 5.59. The molecule has 0 radical (unpaired) electrons. The molecule has 1 saturated heterocycles. The van der Waals surface area contributed by atoms with Crippen LogP contribution in [0.5, 0.6) is 0 Å². The SMILES string of the molecule is CCc1nc(-c2nnn(C)c2Cn2nnnc2CC2CC2)ccc1N1C[C@@H](CC(=O)OC)CC(F)(F)C1. The van der Waals surface area contributed by atoms with Crippen LogP contribution in [0.4, 0.5) is 14.5 Å². The maximum absolute atomic E-state index is 14.6. The number of methoxy groups -OCH3 is 1. The molecule has 0 spiro atoms. The monoisotopic (exact) mass is 515 g/mol. The molecule has 0 amide bonds. The number of alkyl halides is 2. The van der Waals surface area contributed by atoms with Crippen molar-refractivity contribution in [3.63, 3.8) is 0 Å². The molecule has 0 N–H and O–H groups in total. The first-order valence-corrected chi connectivity index (χ1v) is 12.6. The smallest absolute Gasteiger partial charge is 0.305 e. The molecule has 4 heterocycles. The van der Waals surface area contributed by atoms with Crippen LogP contribution in [0.2, 0.25) is 0 Å². The molecule has 13 heteroatoms. The normalized spacial score (nSPS) is 19.3. The molecular formula is C24H31F2N9O2. The largest absolute Gasteiger partial charge is 0.469 e. The number of tetrazole rings is 1. The molecule has 3 aromatic rings. The first-order valence-electron chi connectivity index (χ1n) is 12.6. The number of pyridine rings is 1. The van der Waals surface area contributed by atoms with Gasteiger partial charge in [0.1, 0.15) is 5.69 Å². The number of rotatable bonds is 9. The van der Waals surface area contributed by atoms with Gasteiger partial charge in [0.2, 0.25) is 0 Å². The average molecular weight is 516 g/mol. The maximum Gasteiger partial charge on any atom is 0.305 e. The van der Waals surface area contributed by atoms with Crippen LogP contribution in [-0.2, 0) is 36.0 Å². The topological polar surface area (TPSA) is 117 Å². The Morgan fingerprint density at radius 2 is 2.00 bits per heavy atom. The summed E-state index contributed by atoms with van der Waals surface area (Å²) in [4.78, 5) is 18.2. The van der Waals surface area contributed by atoms with E-state index in [4.69, 9.17) is 9.72 Å². The lowest BCUT2D eigenvalue weighted by Gasteiger charge is -2.39. The zero-order valence-corrected chi connectivity index (χ0v) is 21.3. The molecule has 2 fully saturated rings. The van der Waals surface area contributed by atoms with Gasteiger partial charge in [0.15, 0.2) is 5.82 Å². The first kappa shape index (κ1) is 25.2. The van der Waals surface area contributed by atoms with Gasteiger partial charge in [-0.05, 0) is 53.7 Å². The van der Waals surface area contributed by atoms with Crippen molar-refractivity contribution < 1.29 is 18.3 Å². The molecule has 11 nitrogen and oxygen atoms in total. The Morgan fingerprint density at radius 1 is 1.19 bits per heavy atom. The van der Waals surface area contributed by atoms with Gasteiger partial charge >= 0.3 is 5.97 Å². The van der Waals surface area contributed by atoms with Crippen molar-refractivity contribution in [2.24, 2.45) is 18.9 Å². The Kier molecular flexibility index (Phi) is 6.86. The third-order valence-electron chi connectivity index (χ3n) is 7.06. The molecule has 2 aliphatic rings. The maximum atomic E-state index is 14.6. The van der Waals surface area contributed by atoms with Crippen LogP contribution in [0, 0.1) is 11.8 Å². The second-order valence-corrected chi connectivity index (χ2v) is 10.0. The fourth-order valence-electron chi connectivity index (χ4n) is 4.99. The summed E-state index contributed by atoms with van der Waals surface area (Å²) >= 11 is 0. The van der Waals surface area contributed by atoms with Crippen molar-refractivity contribution >= 4 is 11.7 Å². The summed E-state index contributed by atoms with van der Waals surface area (Å²) in [6, 6.07) is 3.60. The van der Waals surface area contributed by atoms with Crippen molar-refractivity contribution in [1.82, 2.24) is 40.2 Å². The Labute approximate surface area is 213 Å². The summed E-state index contributed by atoms with van der Waals surface area (Å²) in [5.41, 5.74) is 3.33. The van der Waals surface area contributed by atoms with Crippen molar-refractivity contribution in [1.29, 1.82) is 0 Å². The Morgan fingerprint density at radius 3 is 2.73 bits per heavy atom. The summed E-state index contributed by atoms with van der Waals surface area (Å²) in [5, 5.41) is 20.7. The highest BCUT2D eigenvalue weighted by Crippen LogP contribution is 2.37. The lowest BCUT2D eigenvalue weighted by atomic mass is 9.91. The zero-order valence-electron chi connectivity index (χ0n) is 21.3. The minimum absolute atomic E-state index is 0.0433. The second kappa shape index (κ2) is 10.1. The molecule has 5 rings (SSSR count). The lowest BCUT2D eigenvalue weighted by molar-refractivity contribution is -0.142. The van der Waals surface area contributed by atoms with E-state index in [1.54, 1.807) is 20.3 Å². The quantitative estimate of drug-likeness (QED) is 0.396. The molecule has 1 atom stereocenters. The van der Waals surface area contributed by atoms with Crippen LogP contribution in [0.25, 0.3) is 11.4 Å². The molecule has 1 aliphatic heterocycles. The first-order chi connectivity index (χ1) is 17.8. The number of anilines is 1. The molecule has 0 unspecified atom stereocenters. The number of nitrogens with zero attached hydrogens (tertiary/aromatic N) is 9. The number of esters is 1. The van der Waals surface area contributed by atoms with E-state index in [0.29, 0.717) is 48.2 Å². The van der Waals surface area contributed by atoms with Gasteiger partial charge in [-0.2, -0.15) is 0 Å². The summed E-state index contributed by atoms with van der Waals surface area (Å²) in [7, 11) is 3.08. The zero-order chi connectivity index (χ0) is 26.2. The van der Waals surface area contributed by atoms with Gasteiger partial charge in [0.25, 0.3) is 5.92 Å². The Hall–Kier alpha value is -3.51. The van der Waals surface area contributed by atoms with E-state index in [0.717, 1.165) is 17.9 Å². The average Bonchev–Trinajstić information content (AvgIpc) is 3.46. The molecule has 3 aromatic heterocycles. The molecule has 198 valence electrons. The van der Waals surface area contributed by atoms with Crippen LogP contribution >= 0.6 is 0 Å². The summed E-state index contributed by atoms with van der Waals surface area (Å²) in [6.45, 7) is 2.25. The number of piperidine rings is 1. The number of aryl methyl sites for hydroxylation is 2. The number of halogens is 2. The number of hydrogen-bond donors (Lipinski definition) is 0. The molecule has 1 saturated carbocycles. The predicted molar refractivity (Wildman–Crippen MR) is 129 cm³/mol. The number of carbonyl (C=O) groups is 1. The van der Waals surface area contributed by atoms with Crippen molar-refractivity contribution in [2.75, 3.05) is 25.1 Å². The van der Waals surface area contributed by atoms with E-state index in [-0.39, 0.29) is 12.8 Å². The highest BCUT2D eigenvalue weighted by Gasteiger charge is 2.41. The van der Waals surface area contributed by atoms with E-state index >= 15 is 0 Å². The van der Waals surface area contributed by atoms with Gasteiger partial charge in [-0.3, -0.25) is 4.79 Å². The number of ether oxygens (including phenoxy) is 1. The fourth-order valence-corrected chi connectivity index (χ4v) is 4.99. The van der Waals surface area contributed by atoms with Gasteiger partial charge in [-0.25, -0.2) is 23.1 Å². The Balaban J connectivity index is 1.41. The van der Waals surface area contributed by atoms with Gasteiger partial charge in [0, 0.05) is 26.4 Å². The van der Waals surface area contributed by atoms with Crippen LogP contribution in [0.15, 0.2) is 12.1 Å². The van der Waals surface area contributed by atoms with Crippen molar-refractivity contribution in [3.8, 4) is 11.4 Å². The predicted octanol–water partition coefficient (Wildman–Crippen LogP) is 2.45. The van der Waals surface area contributed by atoms with Crippen molar-refractivity contribution in [3.05, 3.63) is 29.3 Å². The number of carbonyl (C=O) groups excluding carboxylic acids is 1. The van der Waals surface area contributed by atoms with Crippen LogP contribution < -0.4 is 4.90 Å². The van der Waals surface area contributed by atoms with Crippen LogP contribution in [0.1, 0.15) is 49.8 Å². The molecule has 0 aromatic carbocycles. The van der Waals surface area contributed by atoms with E-state index in [1.165, 1.54) is 20.0 Å². The highest BCUT2D eigenvalue weighted by atomic mass is 19.3. The number of aromatic nitrogens is 8. The third-order valence-corrected chi connectivity index (χ3v) is 7.06. The summed E-state index contributed by atoms with van der Waals surface area (Å²) in [5.74, 6) is -2.43. The van der Waals surface area contributed by atoms with E-state index in [9.17, 15) is 13.6 Å². The van der Waals surface area contributed by atoms with E-state index < -0.39 is 24.4 Å². The standard InChI is InChI=1S/C24H31F2N9O2/c1-4-17-19(34-12-16(10-22(36)37-3)11-24(25,26)14-34)8-7-18(27-17)23-20(33(2)31-29-23)13-35-21(28-30-32-35)9-15-5-6-15/h7-8,15-16H,4-6,9-14H2,1-3H3/t16-/m0/s1. The minimum Gasteiger partial charge on any atom is -0.469 e. The molecule has 1 aliphatic carbocycles. The lowest BCUT2D eigenvalue weighted by Crippen LogP contribution is -2.48. The Bertz CT molecular complexity index is 1270. The second-order valence-electron chi connectivity index (χ2n) is 10.0. The van der Waals surface area contributed by atoms with E-state index in [1.807, 2.05) is 20.0 Å². The van der Waals surface area contributed by atoms with Gasteiger partial charge < -0.3 is 9.64 Å². The van der Waals surface area contributed by atoms with Gasteiger partial charge in [0.05, 0.1) is 49.4 Å². The van der Waals surface area contributed by atoms with Crippen molar-refractivity contribution in [2.45, 2.75) is 57.9 Å². The molecule has 37 heavy (non-hydrogen) atoms.